The van der Waals surface area contributed by atoms with E-state index in [-0.39, 0.29) is 0 Å². The van der Waals surface area contributed by atoms with Crippen LogP contribution in [0.4, 0.5) is 0 Å². The van der Waals surface area contributed by atoms with Gasteiger partial charge in [-0.15, -0.1) is 0 Å². The molecule has 2 aromatic carbocycles. The maximum atomic E-state index is 6.27. The fourth-order valence-corrected chi connectivity index (χ4v) is 15.0. The molecular formula is C38H54O3S6. The first-order valence-electron chi connectivity index (χ1n) is 18.0. The summed E-state index contributed by atoms with van der Waals surface area (Å²) < 4.78 is 18.6. The Hall–Kier alpha value is -0.320. The highest BCUT2D eigenvalue weighted by molar-refractivity contribution is 8.78. The van der Waals surface area contributed by atoms with E-state index in [0.29, 0.717) is 0 Å². The van der Waals surface area contributed by atoms with Gasteiger partial charge in [-0.3, -0.25) is 0 Å². The molecular weight excluding hydrogens is 697 g/mol. The molecule has 0 saturated carbocycles. The minimum Gasteiger partial charge on any atom is -0.494 e. The van der Waals surface area contributed by atoms with Crippen molar-refractivity contribution in [2.75, 3.05) is 37.1 Å². The first kappa shape index (κ1) is 37.9. The molecule has 2 aromatic rings. The van der Waals surface area contributed by atoms with Crippen molar-refractivity contribution in [2.45, 2.75) is 112 Å². The second-order valence-electron chi connectivity index (χ2n) is 12.7. The van der Waals surface area contributed by atoms with Crippen molar-refractivity contribution in [2.24, 2.45) is 0 Å². The van der Waals surface area contributed by atoms with Crippen LogP contribution in [0.2, 0.25) is 0 Å². The van der Waals surface area contributed by atoms with Gasteiger partial charge in [-0.25, -0.2) is 0 Å². The number of rotatable bonds is 23. The van der Waals surface area contributed by atoms with Crippen LogP contribution in [0, 0.1) is 0 Å². The van der Waals surface area contributed by atoms with Crippen LogP contribution in [0.3, 0.4) is 0 Å². The lowest BCUT2D eigenvalue weighted by Gasteiger charge is -2.12. The zero-order chi connectivity index (χ0) is 32.2. The Balaban J connectivity index is 1.05. The molecule has 0 aliphatic carbocycles. The van der Waals surface area contributed by atoms with E-state index in [2.05, 4.69) is 87.0 Å². The Morgan fingerprint density at radius 1 is 0.468 bits per heavy atom. The summed E-state index contributed by atoms with van der Waals surface area (Å²) in [5.74, 6) is 6.75. The summed E-state index contributed by atoms with van der Waals surface area (Å²) >= 11 is 0. The van der Waals surface area contributed by atoms with E-state index in [0.717, 1.165) is 83.2 Å². The Morgan fingerprint density at radius 3 is 1.32 bits per heavy atom. The van der Waals surface area contributed by atoms with Crippen LogP contribution in [0.1, 0.15) is 107 Å². The normalized spacial score (nSPS) is 21.1. The molecule has 3 heterocycles. The average molecular weight is 751 g/mol. The summed E-state index contributed by atoms with van der Waals surface area (Å²) in [6.07, 6.45) is 23.6. The maximum absolute atomic E-state index is 6.27. The number of unbranched alkanes of at least 4 members (excludes halogenated alkanes) is 6. The number of ether oxygens (including phenoxy) is 3. The molecule has 3 atom stereocenters. The molecule has 0 aromatic heterocycles. The standard InChI is InChI=1S/C38H54O3S6/c1(4-10-36-19-25-42-45-36)7-22-39-33-17-15-31(16-18-33)13-14-32-28-34(40-23-8-2-5-11-37-20-26-43-46-37)30-35(29-32)41-24-9-3-6-12-38-21-27-44-47-38/h13-18,28-30,36-38H,1-12,19-27H2. The summed E-state index contributed by atoms with van der Waals surface area (Å²) in [6, 6.07) is 14.8. The minimum absolute atomic E-state index is 0.761. The smallest absolute Gasteiger partial charge is 0.123 e. The molecule has 3 saturated heterocycles. The van der Waals surface area contributed by atoms with Crippen LogP contribution in [0.5, 0.6) is 17.2 Å². The lowest BCUT2D eigenvalue weighted by Crippen LogP contribution is -2.02. The van der Waals surface area contributed by atoms with Gasteiger partial charge in [0.05, 0.1) is 19.8 Å². The number of hydrogen-bond acceptors (Lipinski definition) is 9. The van der Waals surface area contributed by atoms with Crippen molar-refractivity contribution in [1.29, 1.82) is 0 Å². The van der Waals surface area contributed by atoms with E-state index < -0.39 is 0 Å². The molecule has 260 valence electrons. The van der Waals surface area contributed by atoms with Gasteiger partial charge in [0, 0.05) is 39.1 Å². The molecule has 3 nitrogen and oxygen atoms in total. The van der Waals surface area contributed by atoms with Crippen molar-refractivity contribution in [3.63, 3.8) is 0 Å². The molecule has 9 heteroatoms. The van der Waals surface area contributed by atoms with Crippen LogP contribution in [-0.4, -0.2) is 52.8 Å². The van der Waals surface area contributed by atoms with Crippen LogP contribution >= 0.6 is 64.8 Å². The van der Waals surface area contributed by atoms with Crippen molar-refractivity contribution in [3.8, 4) is 17.2 Å². The van der Waals surface area contributed by atoms with Crippen LogP contribution in [-0.2, 0) is 0 Å². The SMILES string of the molecule is C(=Cc1cc(OCCCCCC2CCSS2)cc(OCCCCCC2CCSS2)c1)c1ccc(OCCCCCC2CCSS2)cc1. The Morgan fingerprint density at radius 2 is 0.894 bits per heavy atom. The van der Waals surface area contributed by atoms with Gasteiger partial charge < -0.3 is 14.2 Å². The van der Waals surface area contributed by atoms with Gasteiger partial charge in [-0.1, -0.05) is 128 Å². The monoisotopic (exact) mass is 750 g/mol. The zero-order valence-electron chi connectivity index (χ0n) is 28.0. The molecule has 0 radical (unpaired) electrons. The second kappa shape index (κ2) is 23.2. The molecule has 47 heavy (non-hydrogen) atoms. The number of benzene rings is 2. The summed E-state index contributed by atoms with van der Waals surface area (Å²) in [5, 5.41) is 2.62. The van der Waals surface area contributed by atoms with Crippen LogP contribution in [0.25, 0.3) is 12.2 Å². The fourth-order valence-electron chi connectivity index (χ4n) is 5.94. The third-order valence-corrected chi connectivity index (χ3v) is 17.8. The van der Waals surface area contributed by atoms with Crippen LogP contribution in [0.15, 0.2) is 42.5 Å². The summed E-state index contributed by atoms with van der Waals surface area (Å²) in [6.45, 7) is 2.32. The fraction of sp³-hybridized carbons (Fsp3) is 0.632. The van der Waals surface area contributed by atoms with E-state index in [1.54, 1.807) is 0 Å². The minimum atomic E-state index is 0.761. The molecule has 3 aliphatic heterocycles. The Labute approximate surface area is 309 Å². The van der Waals surface area contributed by atoms with Crippen LogP contribution < -0.4 is 14.2 Å². The first-order chi connectivity index (χ1) is 23.3. The van der Waals surface area contributed by atoms with Gasteiger partial charge >= 0.3 is 0 Å². The molecule has 3 aliphatic rings. The van der Waals surface area contributed by atoms with E-state index in [1.807, 2.05) is 32.4 Å². The van der Waals surface area contributed by atoms with Crippen molar-refractivity contribution in [3.05, 3.63) is 53.6 Å². The predicted molar refractivity (Wildman–Crippen MR) is 219 cm³/mol. The van der Waals surface area contributed by atoms with E-state index >= 15 is 0 Å². The summed E-state index contributed by atoms with van der Waals surface area (Å²) in [4.78, 5) is 0. The lowest BCUT2D eigenvalue weighted by molar-refractivity contribution is 0.290. The number of hydrogen-bond donors (Lipinski definition) is 0. The quantitative estimate of drug-likeness (QED) is 0.0625. The topological polar surface area (TPSA) is 27.7 Å². The predicted octanol–water partition coefficient (Wildman–Crippen LogP) is 13.1. The van der Waals surface area contributed by atoms with E-state index in [1.165, 1.54) is 94.3 Å². The first-order valence-corrected chi connectivity index (χ1v) is 25.1. The summed E-state index contributed by atoms with van der Waals surface area (Å²) in [5.41, 5.74) is 2.27. The molecule has 0 N–H and O–H groups in total. The second-order valence-corrected chi connectivity index (χ2v) is 21.1. The Kier molecular flexibility index (Phi) is 18.7. The largest absolute Gasteiger partial charge is 0.494 e. The van der Waals surface area contributed by atoms with Gasteiger partial charge in [-0.2, -0.15) is 0 Å². The van der Waals surface area contributed by atoms with Crippen molar-refractivity contribution < 1.29 is 14.2 Å². The molecule has 3 fully saturated rings. The van der Waals surface area contributed by atoms with Gasteiger partial charge in [-0.05, 0) is 93.2 Å². The van der Waals surface area contributed by atoms with Crippen molar-refractivity contribution >= 4 is 76.9 Å². The molecule has 0 spiro atoms. The molecule has 0 bridgehead atoms. The maximum Gasteiger partial charge on any atom is 0.123 e. The zero-order valence-corrected chi connectivity index (χ0v) is 32.9. The van der Waals surface area contributed by atoms with Gasteiger partial charge in [0.15, 0.2) is 0 Å². The highest BCUT2D eigenvalue weighted by Gasteiger charge is 2.17. The lowest BCUT2D eigenvalue weighted by atomic mass is 10.1. The molecule has 5 rings (SSSR count). The molecule has 3 unspecified atom stereocenters. The van der Waals surface area contributed by atoms with Gasteiger partial charge in [0.2, 0.25) is 0 Å². The van der Waals surface area contributed by atoms with Crippen molar-refractivity contribution in [1.82, 2.24) is 0 Å². The van der Waals surface area contributed by atoms with Gasteiger partial charge in [0.25, 0.3) is 0 Å². The highest BCUT2D eigenvalue weighted by atomic mass is 33.1. The van der Waals surface area contributed by atoms with E-state index in [4.69, 9.17) is 14.2 Å². The highest BCUT2D eigenvalue weighted by Crippen LogP contribution is 2.41. The third-order valence-electron chi connectivity index (χ3n) is 8.75. The van der Waals surface area contributed by atoms with Gasteiger partial charge in [0.1, 0.15) is 17.2 Å². The molecule has 0 amide bonds. The average Bonchev–Trinajstić information content (AvgIpc) is 3.91. The van der Waals surface area contributed by atoms with E-state index in [9.17, 15) is 0 Å². The Bertz CT molecular complexity index is 1100. The third kappa shape index (κ3) is 15.6. The summed E-state index contributed by atoms with van der Waals surface area (Å²) in [7, 11) is 12.4.